The van der Waals surface area contributed by atoms with Crippen LogP contribution in [-0.4, -0.2) is 37.2 Å². The lowest BCUT2D eigenvalue weighted by Gasteiger charge is -2.37. The van der Waals surface area contributed by atoms with Crippen LogP contribution in [0.2, 0.25) is 0 Å². The highest BCUT2D eigenvalue weighted by Crippen LogP contribution is 2.38. The Hall–Kier alpha value is -1.06. The third-order valence-corrected chi connectivity index (χ3v) is 5.81. The fraction of sp³-hybridized carbons (Fsp3) is 0.667. The van der Waals surface area contributed by atoms with Crippen molar-refractivity contribution in [3.05, 3.63) is 29.8 Å². The second-order valence-corrected chi connectivity index (χ2v) is 7.02. The van der Waals surface area contributed by atoms with Crippen molar-refractivity contribution >= 4 is 0 Å². The number of nitrogens with one attached hydrogen (secondary N) is 1. The molecule has 0 spiro atoms. The van der Waals surface area contributed by atoms with E-state index in [-0.39, 0.29) is 0 Å². The molecular weight excluding hydrogens is 260 g/mol. The number of piperidine rings is 1. The number of hydrogen-bond donors (Lipinski definition) is 1. The zero-order valence-corrected chi connectivity index (χ0v) is 12.9. The van der Waals surface area contributed by atoms with E-state index < -0.39 is 0 Å². The largest absolute Gasteiger partial charge is 0.493 e. The first-order chi connectivity index (χ1) is 10.3. The standard InChI is InChI=1S/C18H26N2O/c1-20-14-6-7-15(20)11-13(10-14)12-19-17-8-9-21-18-5-3-2-4-16(17)18/h2-5,13-15,17,19H,6-12H2,1H3. The Balaban J connectivity index is 1.38. The number of ether oxygens (including phenoxy) is 1. The van der Waals surface area contributed by atoms with E-state index in [0.29, 0.717) is 6.04 Å². The number of nitrogens with zero attached hydrogens (tertiary/aromatic N) is 1. The predicted octanol–water partition coefficient (Wildman–Crippen LogP) is 2.97. The van der Waals surface area contributed by atoms with Crippen molar-refractivity contribution in [3.63, 3.8) is 0 Å². The fourth-order valence-corrected chi connectivity index (χ4v) is 4.55. The molecule has 3 heterocycles. The fourth-order valence-electron chi connectivity index (χ4n) is 4.55. The normalized spacial score (nSPS) is 35.3. The van der Waals surface area contributed by atoms with E-state index in [1.807, 2.05) is 0 Å². The molecule has 1 aromatic carbocycles. The number of hydrogen-bond acceptors (Lipinski definition) is 3. The van der Waals surface area contributed by atoms with Gasteiger partial charge in [-0.3, -0.25) is 0 Å². The molecule has 2 saturated heterocycles. The maximum atomic E-state index is 5.76. The molecule has 3 aliphatic heterocycles. The van der Waals surface area contributed by atoms with Crippen molar-refractivity contribution in [2.75, 3.05) is 20.2 Å². The summed E-state index contributed by atoms with van der Waals surface area (Å²) >= 11 is 0. The molecule has 2 bridgehead atoms. The van der Waals surface area contributed by atoms with Gasteiger partial charge in [0.25, 0.3) is 0 Å². The molecule has 2 fully saturated rings. The molecule has 3 nitrogen and oxygen atoms in total. The van der Waals surface area contributed by atoms with Gasteiger partial charge in [0.2, 0.25) is 0 Å². The monoisotopic (exact) mass is 286 g/mol. The van der Waals surface area contributed by atoms with Crippen LogP contribution in [0.4, 0.5) is 0 Å². The zero-order valence-electron chi connectivity index (χ0n) is 12.9. The van der Waals surface area contributed by atoms with Gasteiger partial charge in [-0.1, -0.05) is 18.2 Å². The minimum absolute atomic E-state index is 0.479. The smallest absolute Gasteiger partial charge is 0.124 e. The number of benzene rings is 1. The lowest BCUT2D eigenvalue weighted by molar-refractivity contribution is 0.129. The third kappa shape index (κ3) is 2.58. The molecule has 3 atom stereocenters. The van der Waals surface area contributed by atoms with Crippen LogP contribution in [0, 0.1) is 5.92 Å². The first-order valence-electron chi connectivity index (χ1n) is 8.48. The molecule has 3 aliphatic rings. The van der Waals surface area contributed by atoms with Gasteiger partial charge in [-0.15, -0.1) is 0 Å². The van der Waals surface area contributed by atoms with Gasteiger partial charge in [-0.05, 0) is 51.3 Å². The molecule has 1 N–H and O–H groups in total. The van der Waals surface area contributed by atoms with Gasteiger partial charge in [-0.25, -0.2) is 0 Å². The van der Waals surface area contributed by atoms with E-state index in [1.165, 1.54) is 37.8 Å². The molecule has 3 heteroatoms. The predicted molar refractivity (Wildman–Crippen MR) is 84.6 cm³/mol. The lowest BCUT2D eigenvalue weighted by Crippen LogP contribution is -2.43. The quantitative estimate of drug-likeness (QED) is 0.924. The Labute approximate surface area is 127 Å². The Morgan fingerprint density at radius 2 is 1.90 bits per heavy atom. The van der Waals surface area contributed by atoms with Crippen LogP contribution < -0.4 is 10.1 Å². The molecule has 0 aromatic heterocycles. The van der Waals surface area contributed by atoms with E-state index in [0.717, 1.165) is 36.8 Å². The summed E-state index contributed by atoms with van der Waals surface area (Å²) in [5, 5.41) is 3.83. The van der Waals surface area contributed by atoms with Crippen LogP contribution in [0.1, 0.15) is 43.7 Å². The molecule has 114 valence electrons. The Kier molecular flexibility index (Phi) is 3.64. The van der Waals surface area contributed by atoms with E-state index in [1.54, 1.807) is 0 Å². The highest BCUT2D eigenvalue weighted by Gasteiger charge is 2.38. The summed E-state index contributed by atoms with van der Waals surface area (Å²) in [6.07, 6.45) is 6.68. The van der Waals surface area contributed by atoms with E-state index in [9.17, 15) is 0 Å². The summed E-state index contributed by atoms with van der Waals surface area (Å²) in [7, 11) is 2.32. The van der Waals surface area contributed by atoms with Crippen molar-refractivity contribution in [3.8, 4) is 5.75 Å². The summed E-state index contributed by atoms with van der Waals surface area (Å²) < 4.78 is 5.76. The van der Waals surface area contributed by atoms with E-state index in [2.05, 4.69) is 41.5 Å². The highest BCUT2D eigenvalue weighted by atomic mass is 16.5. The highest BCUT2D eigenvalue weighted by molar-refractivity contribution is 5.37. The van der Waals surface area contributed by atoms with Crippen molar-refractivity contribution in [1.29, 1.82) is 0 Å². The van der Waals surface area contributed by atoms with Crippen LogP contribution in [-0.2, 0) is 0 Å². The number of rotatable bonds is 3. The average molecular weight is 286 g/mol. The van der Waals surface area contributed by atoms with Crippen molar-refractivity contribution in [2.45, 2.75) is 50.2 Å². The summed E-state index contributed by atoms with van der Waals surface area (Å²) in [4.78, 5) is 2.63. The molecule has 21 heavy (non-hydrogen) atoms. The Bertz CT molecular complexity index is 490. The Morgan fingerprint density at radius 1 is 1.14 bits per heavy atom. The van der Waals surface area contributed by atoms with Crippen molar-refractivity contribution in [2.24, 2.45) is 5.92 Å². The first kappa shape index (κ1) is 13.6. The minimum Gasteiger partial charge on any atom is -0.493 e. The first-order valence-corrected chi connectivity index (χ1v) is 8.48. The van der Waals surface area contributed by atoms with Gasteiger partial charge < -0.3 is 15.0 Å². The molecule has 0 aliphatic carbocycles. The van der Waals surface area contributed by atoms with Gasteiger partial charge >= 0.3 is 0 Å². The maximum Gasteiger partial charge on any atom is 0.124 e. The molecule has 0 radical (unpaired) electrons. The van der Waals surface area contributed by atoms with Gasteiger partial charge in [-0.2, -0.15) is 0 Å². The summed E-state index contributed by atoms with van der Waals surface area (Å²) in [5.41, 5.74) is 1.35. The van der Waals surface area contributed by atoms with Crippen LogP contribution in [0.25, 0.3) is 0 Å². The maximum absolute atomic E-state index is 5.76. The molecule has 4 rings (SSSR count). The van der Waals surface area contributed by atoms with Gasteiger partial charge in [0.1, 0.15) is 5.75 Å². The van der Waals surface area contributed by atoms with Crippen molar-refractivity contribution in [1.82, 2.24) is 10.2 Å². The van der Waals surface area contributed by atoms with E-state index in [4.69, 9.17) is 4.74 Å². The van der Waals surface area contributed by atoms with Crippen LogP contribution >= 0.6 is 0 Å². The van der Waals surface area contributed by atoms with Crippen LogP contribution in [0.3, 0.4) is 0 Å². The summed E-state index contributed by atoms with van der Waals surface area (Å²) in [6.45, 7) is 2.01. The molecule has 1 aromatic rings. The molecule has 0 amide bonds. The molecular formula is C18H26N2O. The number of para-hydroxylation sites is 1. The van der Waals surface area contributed by atoms with Gasteiger partial charge in [0, 0.05) is 30.1 Å². The summed E-state index contributed by atoms with van der Waals surface area (Å²) in [5.74, 6) is 1.93. The zero-order chi connectivity index (χ0) is 14.2. The second-order valence-electron chi connectivity index (χ2n) is 7.02. The average Bonchev–Trinajstić information content (AvgIpc) is 2.75. The minimum atomic E-state index is 0.479. The SMILES string of the molecule is CN1C2CCC1CC(CNC1CCOc3ccccc31)C2. The number of fused-ring (bicyclic) bond motifs is 3. The second kappa shape index (κ2) is 5.62. The van der Waals surface area contributed by atoms with Crippen molar-refractivity contribution < 1.29 is 4.74 Å². The Morgan fingerprint density at radius 3 is 2.71 bits per heavy atom. The third-order valence-electron chi connectivity index (χ3n) is 5.81. The van der Waals surface area contributed by atoms with Crippen LogP contribution in [0.15, 0.2) is 24.3 Å². The van der Waals surface area contributed by atoms with E-state index >= 15 is 0 Å². The summed E-state index contributed by atoms with van der Waals surface area (Å²) in [6, 6.07) is 10.7. The topological polar surface area (TPSA) is 24.5 Å². The molecule has 0 saturated carbocycles. The van der Waals surface area contributed by atoms with Gasteiger partial charge in [0.05, 0.1) is 6.61 Å². The van der Waals surface area contributed by atoms with Crippen LogP contribution in [0.5, 0.6) is 5.75 Å². The molecule has 3 unspecified atom stereocenters. The van der Waals surface area contributed by atoms with Gasteiger partial charge in [0.15, 0.2) is 0 Å². The lowest BCUT2D eigenvalue weighted by atomic mass is 9.90.